The third-order valence-corrected chi connectivity index (χ3v) is 5.80. The molecule has 0 spiro atoms. The number of Topliss-reactive ketones (excluding diaryl/α,β-unsaturated/α-hetero) is 1. The first-order valence-electron chi connectivity index (χ1n) is 9.95. The van der Waals surface area contributed by atoms with Crippen LogP contribution in [0.2, 0.25) is 0 Å². The largest absolute Gasteiger partial charge is 0.345 e. The Kier molecular flexibility index (Phi) is 4.35. The van der Waals surface area contributed by atoms with Gasteiger partial charge in [-0.15, -0.1) is 0 Å². The molecule has 1 amide bonds. The predicted molar refractivity (Wildman–Crippen MR) is 113 cm³/mol. The number of aromatic amines is 1. The van der Waals surface area contributed by atoms with Crippen molar-refractivity contribution >= 4 is 33.5 Å². The topological polar surface area (TPSA) is 66.1 Å². The summed E-state index contributed by atoms with van der Waals surface area (Å²) in [5.74, 6) is -0.0744. The van der Waals surface area contributed by atoms with Crippen molar-refractivity contribution in [3.8, 4) is 0 Å². The molecular formula is C24H21N3O2. The first-order valence-corrected chi connectivity index (χ1v) is 9.95. The van der Waals surface area contributed by atoms with Gasteiger partial charge in [0.1, 0.15) is 0 Å². The molecule has 2 heterocycles. The van der Waals surface area contributed by atoms with Gasteiger partial charge in [-0.25, -0.2) is 4.98 Å². The van der Waals surface area contributed by atoms with Crippen LogP contribution in [0.3, 0.4) is 0 Å². The number of imidazole rings is 1. The second kappa shape index (κ2) is 7.17. The van der Waals surface area contributed by atoms with Gasteiger partial charge in [-0.1, -0.05) is 42.5 Å². The van der Waals surface area contributed by atoms with Crippen LogP contribution in [-0.4, -0.2) is 39.6 Å². The fourth-order valence-electron chi connectivity index (χ4n) is 4.29. The number of hydrogen-bond acceptors (Lipinski definition) is 3. The number of fused-ring (bicyclic) bond motifs is 2. The summed E-state index contributed by atoms with van der Waals surface area (Å²) in [5, 5.41) is 2.04. The lowest BCUT2D eigenvalue weighted by atomic mass is 9.87. The van der Waals surface area contributed by atoms with E-state index >= 15 is 0 Å². The van der Waals surface area contributed by atoms with Crippen LogP contribution in [-0.2, 0) is 0 Å². The molecule has 0 bridgehead atoms. The lowest BCUT2D eigenvalue weighted by Crippen LogP contribution is -2.42. The number of carbonyl (C=O) groups excluding carboxylic acids is 2. The van der Waals surface area contributed by atoms with Crippen molar-refractivity contribution in [3.63, 3.8) is 0 Å². The van der Waals surface area contributed by atoms with Crippen molar-refractivity contribution in [1.29, 1.82) is 0 Å². The number of ketones is 1. The Hall–Kier alpha value is -3.47. The fourth-order valence-corrected chi connectivity index (χ4v) is 4.29. The lowest BCUT2D eigenvalue weighted by molar-refractivity contribution is 0.0637. The minimum absolute atomic E-state index is 0.0306. The number of piperidine rings is 1. The average molecular weight is 383 g/mol. The minimum Gasteiger partial charge on any atom is -0.345 e. The van der Waals surface area contributed by atoms with E-state index in [9.17, 15) is 9.59 Å². The van der Waals surface area contributed by atoms with Crippen LogP contribution in [0.4, 0.5) is 0 Å². The number of nitrogens with zero attached hydrogens (tertiary/aromatic N) is 2. The number of rotatable bonds is 3. The smallest absolute Gasteiger partial charge is 0.253 e. The van der Waals surface area contributed by atoms with Gasteiger partial charge in [-0.3, -0.25) is 9.59 Å². The van der Waals surface area contributed by atoms with Crippen molar-refractivity contribution < 1.29 is 9.59 Å². The van der Waals surface area contributed by atoms with Gasteiger partial charge in [0.15, 0.2) is 5.78 Å². The second-order valence-corrected chi connectivity index (χ2v) is 7.62. The number of carbonyl (C=O) groups is 2. The van der Waals surface area contributed by atoms with Crippen molar-refractivity contribution in [2.45, 2.75) is 12.8 Å². The Balaban J connectivity index is 1.39. The molecule has 5 rings (SSSR count). The van der Waals surface area contributed by atoms with E-state index in [-0.39, 0.29) is 17.6 Å². The predicted octanol–water partition coefficient (Wildman–Crippen LogP) is 4.45. The van der Waals surface area contributed by atoms with Gasteiger partial charge in [-0.2, -0.15) is 0 Å². The maximum absolute atomic E-state index is 13.3. The Morgan fingerprint density at radius 1 is 1.03 bits per heavy atom. The first kappa shape index (κ1) is 17.6. The monoisotopic (exact) mass is 383 g/mol. The van der Waals surface area contributed by atoms with Crippen molar-refractivity contribution in [3.05, 3.63) is 78.1 Å². The molecule has 0 saturated carbocycles. The number of H-pyrrole nitrogens is 1. The normalized spacial score (nSPS) is 17.0. The molecule has 1 aromatic heterocycles. The Labute approximate surface area is 168 Å². The number of benzene rings is 3. The second-order valence-electron chi connectivity index (χ2n) is 7.62. The lowest BCUT2D eigenvalue weighted by Gasteiger charge is -2.32. The van der Waals surface area contributed by atoms with E-state index in [4.69, 9.17) is 0 Å². The molecule has 1 atom stereocenters. The summed E-state index contributed by atoms with van der Waals surface area (Å²) in [6.07, 6.45) is 3.27. The number of aromatic nitrogens is 2. The highest BCUT2D eigenvalue weighted by molar-refractivity contribution is 6.09. The molecule has 1 fully saturated rings. The van der Waals surface area contributed by atoms with Gasteiger partial charge in [0.2, 0.25) is 0 Å². The number of hydrogen-bond donors (Lipinski definition) is 1. The molecule has 0 radical (unpaired) electrons. The number of nitrogens with one attached hydrogen (secondary N) is 1. The molecule has 1 saturated heterocycles. The molecule has 144 valence electrons. The SMILES string of the molecule is O=C(c1cccc2ccccc12)[C@@H]1CCCN(C(=O)c2ccc3nc[nH]c3c2)C1. The maximum atomic E-state index is 13.3. The van der Waals surface area contributed by atoms with Gasteiger partial charge in [0, 0.05) is 30.1 Å². The summed E-state index contributed by atoms with van der Waals surface area (Å²) in [5.41, 5.74) is 3.06. The van der Waals surface area contributed by atoms with Gasteiger partial charge in [0.05, 0.1) is 17.4 Å². The van der Waals surface area contributed by atoms with E-state index < -0.39 is 0 Å². The van der Waals surface area contributed by atoms with E-state index in [0.717, 1.165) is 40.2 Å². The van der Waals surface area contributed by atoms with Crippen molar-refractivity contribution in [2.75, 3.05) is 13.1 Å². The van der Waals surface area contributed by atoms with E-state index in [2.05, 4.69) is 9.97 Å². The maximum Gasteiger partial charge on any atom is 0.253 e. The van der Waals surface area contributed by atoms with Gasteiger partial charge in [0.25, 0.3) is 5.91 Å². The quantitative estimate of drug-likeness (QED) is 0.532. The van der Waals surface area contributed by atoms with Gasteiger partial charge < -0.3 is 9.88 Å². The van der Waals surface area contributed by atoms with Crippen LogP contribution in [0.1, 0.15) is 33.6 Å². The van der Waals surface area contributed by atoms with Crippen molar-refractivity contribution in [1.82, 2.24) is 14.9 Å². The van der Waals surface area contributed by atoms with Crippen LogP contribution in [0, 0.1) is 5.92 Å². The van der Waals surface area contributed by atoms with Gasteiger partial charge in [-0.05, 0) is 41.8 Å². The molecule has 5 nitrogen and oxygen atoms in total. The van der Waals surface area contributed by atoms with Crippen LogP contribution < -0.4 is 0 Å². The molecule has 1 aliphatic heterocycles. The molecule has 0 unspecified atom stereocenters. The highest BCUT2D eigenvalue weighted by Gasteiger charge is 2.30. The number of amides is 1. The Morgan fingerprint density at radius 2 is 1.90 bits per heavy atom. The highest BCUT2D eigenvalue weighted by Crippen LogP contribution is 2.27. The first-order chi connectivity index (χ1) is 14.2. The fraction of sp³-hybridized carbons (Fsp3) is 0.208. The summed E-state index contributed by atoms with van der Waals surface area (Å²) in [6, 6.07) is 19.3. The standard InChI is InChI=1S/C24H21N3O2/c28-23(20-9-3-6-16-5-1-2-8-19(16)20)18-7-4-12-27(14-18)24(29)17-10-11-21-22(13-17)26-15-25-21/h1-3,5-6,8-11,13,15,18H,4,7,12,14H2,(H,25,26)/t18-/m1/s1. The van der Waals surface area contributed by atoms with Crippen LogP contribution in [0.15, 0.2) is 67.0 Å². The zero-order chi connectivity index (χ0) is 19.8. The minimum atomic E-state index is -0.172. The van der Waals surface area contributed by atoms with E-state index in [1.165, 1.54) is 0 Å². The van der Waals surface area contributed by atoms with E-state index in [1.54, 1.807) is 6.33 Å². The third-order valence-electron chi connectivity index (χ3n) is 5.80. The Bertz CT molecular complexity index is 1220. The summed E-state index contributed by atoms with van der Waals surface area (Å²) < 4.78 is 0. The average Bonchev–Trinajstić information content (AvgIpc) is 3.26. The number of likely N-dealkylation sites (tertiary alicyclic amines) is 1. The van der Waals surface area contributed by atoms with Crippen LogP contribution in [0.5, 0.6) is 0 Å². The highest BCUT2D eigenvalue weighted by atomic mass is 16.2. The molecule has 0 aliphatic carbocycles. The zero-order valence-corrected chi connectivity index (χ0v) is 16.0. The summed E-state index contributed by atoms with van der Waals surface area (Å²) in [6.45, 7) is 1.14. The van der Waals surface area contributed by atoms with Crippen LogP contribution >= 0.6 is 0 Å². The molecule has 4 aromatic rings. The van der Waals surface area contributed by atoms with Gasteiger partial charge >= 0.3 is 0 Å². The van der Waals surface area contributed by atoms with E-state index in [0.29, 0.717) is 18.7 Å². The molecule has 5 heteroatoms. The zero-order valence-electron chi connectivity index (χ0n) is 16.0. The molecule has 1 N–H and O–H groups in total. The summed E-state index contributed by atoms with van der Waals surface area (Å²) in [7, 11) is 0. The molecule has 1 aliphatic rings. The summed E-state index contributed by atoms with van der Waals surface area (Å²) in [4.78, 5) is 35.4. The van der Waals surface area contributed by atoms with Crippen LogP contribution in [0.25, 0.3) is 21.8 Å². The van der Waals surface area contributed by atoms with Crippen molar-refractivity contribution in [2.24, 2.45) is 5.92 Å². The summed E-state index contributed by atoms with van der Waals surface area (Å²) >= 11 is 0. The Morgan fingerprint density at radius 3 is 2.83 bits per heavy atom. The molecular weight excluding hydrogens is 362 g/mol. The van der Waals surface area contributed by atoms with E-state index in [1.807, 2.05) is 65.6 Å². The third kappa shape index (κ3) is 3.18. The molecule has 3 aromatic carbocycles. The molecule has 29 heavy (non-hydrogen) atoms.